The van der Waals surface area contributed by atoms with Gasteiger partial charge in [-0.1, -0.05) is 0 Å². The number of likely N-dealkylation sites (N-methyl/N-ethyl adjacent to an activating group) is 1. The maximum Gasteiger partial charge on any atom is 0.259 e. The third-order valence-electron chi connectivity index (χ3n) is 2.99. The zero-order chi connectivity index (χ0) is 11.7. The minimum atomic E-state index is -0.0962. The van der Waals surface area contributed by atoms with Crippen molar-refractivity contribution in [2.75, 3.05) is 26.0 Å². The fraction of sp³-hybridized carbons (Fsp3) is 0.600. The lowest BCUT2D eigenvalue weighted by Gasteiger charge is -2.22. The van der Waals surface area contributed by atoms with Crippen LogP contribution in [0.4, 0.5) is 5.82 Å². The largest absolute Gasteiger partial charge is 0.383 e. The van der Waals surface area contributed by atoms with Crippen molar-refractivity contribution in [2.45, 2.75) is 12.5 Å². The molecule has 1 aromatic heterocycles. The first kappa shape index (κ1) is 10.9. The molecule has 1 aliphatic rings. The summed E-state index contributed by atoms with van der Waals surface area (Å²) in [6, 6.07) is 0.145. The van der Waals surface area contributed by atoms with Crippen LogP contribution in [-0.4, -0.2) is 46.9 Å². The first-order valence-electron chi connectivity index (χ1n) is 5.23. The minimum Gasteiger partial charge on any atom is -0.383 e. The summed E-state index contributed by atoms with van der Waals surface area (Å²) in [5.41, 5.74) is 6.22. The molecule has 1 saturated heterocycles. The highest BCUT2D eigenvalue weighted by atomic mass is 16.5. The fourth-order valence-corrected chi connectivity index (χ4v) is 1.80. The molecule has 1 unspecified atom stereocenters. The molecule has 2 heterocycles. The molecular weight excluding hydrogens is 208 g/mol. The number of hydrogen-bond donors (Lipinski definition) is 1. The third-order valence-corrected chi connectivity index (χ3v) is 2.99. The van der Waals surface area contributed by atoms with Crippen LogP contribution in [0.25, 0.3) is 0 Å². The Hall–Kier alpha value is -1.56. The van der Waals surface area contributed by atoms with Gasteiger partial charge in [-0.3, -0.25) is 9.48 Å². The Morgan fingerprint density at radius 1 is 1.75 bits per heavy atom. The van der Waals surface area contributed by atoms with Gasteiger partial charge < -0.3 is 15.4 Å². The summed E-state index contributed by atoms with van der Waals surface area (Å²) in [7, 11) is 3.49. The third kappa shape index (κ3) is 1.76. The highest BCUT2D eigenvalue weighted by molar-refractivity contribution is 5.98. The summed E-state index contributed by atoms with van der Waals surface area (Å²) >= 11 is 0. The Labute approximate surface area is 94.0 Å². The molecule has 1 aliphatic heterocycles. The van der Waals surface area contributed by atoms with Crippen molar-refractivity contribution in [3.8, 4) is 0 Å². The molecule has 88 valence electrons. The number of carbonyl (C=O) groups excluding carboxylic acids is 1. The van der Waals surface area contributed by atoms with E-state index in [1.165, 1.54) is 10.9 Å². The molecule has 1 amide bonds. The minimum absolute atomic E-state index is 0.0962. The molecule has 0 bridgehead atoms. The first-order chi connectivity index (χ1) is 7.61. The zero-order valence-electron chi connectivity index (χ0n) is 9.51. The number of ether oxygens (including phenoxy) is 1. The topological polar surface area (TPSA) is 73.4 Å². The summed E-state index contributed by atoms with van der Waals surface area (Å²) in [6.07, 6.45) is 2.38. The number of aromatic nitrogens is 2. The van der Waals surface area contributed by atoms with Gasteiger partial charge in [0.15, 0.2) is 0 Å². The van der Waals surface area contributed by atoms with Gasteiger partial charge >= 0.3 is 0 Å². The Morgan fingerprint density at radius 3 is 3.00 bits per heavy atom. The van der Waals surface area contributed by atoms with Crippen LogP contribution in [0.3, 0.4) is 0 Å². The Bertz CT molecular complexity index is 396. The molecule has 0 spiro atoms. The van der Waals surface area contributed by atoms with Crippen molar-refractivity contribution in [1.82, 2.24) is 14.7 Å². The molecule has 0 saturated carbocycles. The lowest BCUT2D eigenvalue weighted by molar-refractivity contribution is 0.0712. The number of nitrogens with zero attached hydrogens (tertiary/aromatic N) is 3. The normalized spacial score (nSPS) is 20.0. The monoisotopic (exact) mass is 224 g/mol. The van der Waals surface area contributed by atoms with Gasteiger partial charge in [-0.2, -0.15) is 5.10 Å². The Kier molecular flexibility index (Phi) is 2.82. The first-order valence-corrected chi connectivity index (χ1v) is 5.23. The summed E-state index contributed by atoms with van der Waals surface area (Å²) in [6.45, 7) is 1.31. The maximum absolute atomic E-state index is 12.1. The van der Waals surface area contributed by atoms with E-state index in [2.05, 4.69) is 5.10 Å². The van der Waals surface area contributed by atoms with E-state index in [0.29, 0.717) is 24.6 Å². The van der Waals surface area contributed by atoms with Crippen molar-refractivity contribution in [1.29, 1.82) is 0 Å². The molecule has 1 fully saturated rings. The van der Waals surface area contributed by atoms with E-state index in [-0.39, 0.29) is 11.9 Å². The molecule has 2 N–H and O–H groups in total. The maximum atomic E-state index is 12.1. The lowest BCUT2D eigenvalue weighted by atomic mass is 10.2. The number of rotatable bonds is 2. The predicted molar refractivity (Wildman–Crippen MR) is 58.9 cm³/mol. The van der Waals surface area contributed by atoms with Crippen LogP contribution in [0.15, 0.2) is 6.20 Å². The van der Waals surface area contributed by atoms with Gasteiger partial charge in [0.1, 0.15) is 11.4 Å². The van der Waals surface area contributed by atoms with Crippen LogP contribution in [-0.2, 0) is 11.8 Å². The number of anilines is 1. The molecular formula is C10H16N4O2. The van der Waals surface area contributed by atoms with Crippen LogP contribution in [0, 0.1) is 0 Å². The molecule has 1 atom stereocenters. The average molecular weight is 224 g/mol. The van der Waals surface area contributed by atoms with E-state index >= 15 is 0 Å². The second-order valence-corrected chi connectivity index (χ2v) is 4.00. The van der Waals surface area contributed by atoms with E-state index in [1.807, 2.05) is 0 Å². The second-order valence-electron chi connectivity index (χ2n) is 4.00. The molecule has 2 rings (SSSR count). The van der Waals surface area contributed by atoms with Gasteiger partial charge in [-0.15, -0.1) is 0 Å². The van der Waals surface area contributed by atoms with E-state index < -0.39 is 0 Å². The number of amides is 1. The molecule has 0 radical (unpaired) electrons. The van der Waals surface area contributed by atoms with Crippen LogP contribution in [0.2, 0.25) is 0 Å². The van der Waals surface area contributed by atoms with Crippen molar-refractivity contribution >= 4 is 11.7 Å². The standard InChI is InChI=1S/C10H16N4O2/c1-13(7-3-4-16-6-7)10(15)8-5-12-14(2)9(8)11/h5,7H,3-4,6,11H2,1-2H3. The Morgan fingerprint density at radius 2 is 2.50 bits per heavy atom. The van der Waals surface area contributed by atoms with E-state index in [1.54, 1.807) is 19.0 Å². The predicted octanol–water partition coefficient (Wildman–Crippen LogP) is -0.137. The number of nitrogens with two attached hydrogens (primary N) is 1. The SMILES string of the molecule is CN(C(=O)c1cnn(C)c1N)C1CCOC1. The highest BCUT2D eigenvalue weighted by Crippen LogP contribution is 2.17. The number of aryl methyl sites for hydroxylation is 1. The summed E-state index contributed by atoms with van der Waals surface area (Å²) in [5.74, 6) is 0.303. The van der Waals surface area contributed by atoms with Gasteiger partial charge in [-0.25, -0.2) is 0 Å². The van der Waals surface area contributed by atoms with E-state index in [0.717, 1.165) is 6.42 Å². The number of carbonyl (C=O) groups is 1. The Balaban J connectivity index is 2.15. The van der Waals surface area contributed by atoms with Crippen LogP contribution >= 0.6 is 0 Å². The van der Waals surface area contributed by atoms with E-state index in [9.17, 15) is 4.79 Å². The van der Waals surface area contributed by atoms with Crippen molar-refractivity contribution in [3.05, 3.63) is 11.8 Å². The summed E-state index contributed by atoms with van der Waals surface area (Å²) < 4.78 is 6.75. The summed E-state index contributed by atoms with van der Waals surface area (Å²) in [4.78, 5) is 13.8. The van der Waals surface area contributed by atoms with Crippen LogP contribution in [0.1, 0.15) is 16.8 Å². The zero-order valence-corrected chi connectivity index (χ0v) is 9.51. The molecule has 6 nitrogen and oxygen atoms in total. The van der Waals surface area contributed by atoms with Crippen molar-refractivity contribution in [2.24, 2.45) is 7.05 Å². The quantitative estimate of drug-likeness (QED) is 0.759. The van der Waals surface area contributed by atoms with Gasteiger partial charge in [0.25, 0.3) is 5.91 Å². The lowest BCUT2D eigenvalue weighted by Crippen LogP contribution is -2.37. The number of nitrogen functional groups attached to an aromatic ring is 1. The average Bonchev–Trinajstić information content (AvgIpc) is 2.89. The van der Waals surface area contributed by atoms with E-state index in [4.69, 9.17) is 10.5 Å². The van der Waals surface area contributed by atoms with Crippen LogP contribution in [0.5, 0.6) is 0 Å². The van der Waals surface area contributed by atoms with Gasteiger partial charge in [0.2, 0.25) is 0 Å². The molecule has 0 aliphatic carbocycles. The number of hydrogen-bond acceptors (Lipinski definition) is 4. The van der Waals surface area contributed by atoms with Gasteiger partial charge in [0.05, 0.1) is 18.8 Å². The fourth-order valence-electron chi connectivity index (χ4n) is 1.80. The summed E-state index contributed by atoms with van der Waals surface area (Å²) in [5, 5.41) is 3.96. The van der Waals surface area contributed by atoms with Crippen molar-refractivity contribution < 1.29 is 9.53 Å². The second kappa shape index (κ2) is 4.13. The molecule has 16 heavy (non-hydrogen) atoms. The molecule has 6 heteroatoms. The molecule has 1 aromatic rings. The van der Waals surface area contributed by atoms with Gasteiger partial charge in [0, 0.05) is 20.7 Å². The smallest absolute Gasteiger partial charge is 0.259 e. The molecule has 0 aromatic carbocycles. The van der Waals surface area contributed by atoms with Crippen LogP contribution < -0.4 is 5.73 Å². The highest BCUT2D eigenvalue weighted by Gasteiger charge is 2.26. The van der Waals surface area contributed by atoms with Gasteiger partial charge in [-0.05, 0) is 6.42 Å². The van der Waals surface area contributed by atoms with Crippen molar-refractivity contribution in [3.63, 3.8) is 0 Å².